The summed E-state index contributed by atoms with van der Waals surface area (Å²) < 4.78 is 36.3. The fourth-order valence-corrected chi connectivity index (χ4v) is 2.34. The molecule has 0 aliphatic heterocycles. The van der Waals surface area contributed by atoms with Gasteiger partial charge in [0.1, 0.15) is 6.04 Å². The topological polar surface area (TPSA) is 83.5 Å². The van der Waals surface area contributed by atoms with E-state index >= 15 is 0 Å². The standard InChI is InChI=1S/C8H16FNO4S/c1-6(2)7(8(11)12)10-15(13,14)5-3-4-9/h6-7,10H,3-5H2,1-2H3,(H,11,12)/t7-/m1/s1. The highest BCUT2D eigenvalue weighted by atomic mass is 32.2. The Morgan fingerprint density at radius 3 is 2.33 bits per heavy atom. The summed E-state index contributed by atoms with van der Waals surface area (Å²) in [5.41, 5.74) is 0. The third-order valence-corrected chi connectivity index (χ3v) is 3.23. The van der Waals surface area contributed by atoms with E-state index in [9.17, 15) is 17.6 Å². The molecule has 0 rings (SSSR count). The summed E-state index contributed by atoms with van der Waals surface area (Å²) in [5.74, 6) is -1.98. The third-order valence-electron chi connectivity index (χ3n) is 1.79. The zero-order chi connectivity index (χ0) is 12.1. The minimum atomic E-state index is -3.70. The average Bonchev–Trinajstić information content (AvgIpc) is 2.10. The summed E-state index contributed by atoms with van der Waals surface area (Å²) in [5, 5.41) is 8.73. The molecule has 5 nitrogen and oxygen atoms in total. The lowest BCUT2D eigenvalue weighted by Gasteiger charge is -2.17. The van der Waals surface area contributed by atoms with Crippen molar-refractivity contribution in [1.29, 1.82) is 0 Å². The van der Waals surface area contributed by atoms with Gasteiger partial charge in [-0.1, -0.05) is 13.8 Å². The van der Waals surface area contributed by atoms with E-state index in [2.05, 4.69) is 0 Å². The Hall–Kier alpha value is -0.690. The lowest BCUT2D eigenvalue weighted by Crippen LogP contribution is -2.45. The van der Waals surface area contributed by atoms with Gasteiger partial charge >= 0.3 is 5.97 Å². The number of carboxylic acids is 1. The Labute approximate surface area is 88.7 Å². The van der Waals surface area contributed by atoms with Gasteiger partial charge in [0, 0.05) is 0 Å². The number of carbonyl (C=O) groups is 1. The van der Waals surface area contributed by atoms with Crippen molar-refractivity contribution in [1.82, 2.24) is 4.72 Å². The zero-order valence-electron chi connectivity index (χ0n) is 8.73. The molecule has 0 saturated carbocycles. The predicted molar refractivity (Wildman–Crippen MR) is 53.8 cm³/mol. The highest BCUT2D eigenvalue weighted by molar-refractivity contribution is 7.89. The van der Waals surface area contributed by atoms with Crippen LogP contribution in [0.2, 0.25) is 0 Å². The molecule has 0 spiro atoms. The first-order valence-electron chi connectivity index (χ1n) is 4.59. The highest BCUT2D eigenvalue weighted by Gasteiger charge is 2.26. The Morgan fingerprint density at radius 2 is 2.00 bits per heavy atom. The molecule has 0 aromatic rings. The van der Waals surface area contributed by atoms with E-state index in [-0.39, 0.29) is 18.1 Å². The molecule has 0 bridgehead atoms. The maximum absolute atomic E-state index is 11.8. The summed E-state index contributed by atoms with van der Waals surface area (Å²) >= 11 is 0. The lowest BCUT2D eigenvalue weighted by molar-refractivity contribution is -0.140. The van der Waals surface area contributed by atoms with E-state index in [1.807, 2.05) is 4.72 Å². The van der Waals surface area contributed by atoms with Crippen LogP contribution in [-0.4, -0.2) is 38.0 Å². The molecular weight excluding hydrogens is 225 g/mol. The fraction of sp³-hybridized carbons (Fsp3) is 0.875. The molecule has 0 unspecified atom stereocenters. The second-order valence-electron chi connectivity index (χ2n) is 3.54. The van der Waals surface area contributed by atoms with Crippen LogP contribution in [0.1, 0.15) is 20.3 Å². The number of alkyl halides is 1. The average molecular weight is 241 g/mol. The molecule has 2 N–H and O–H groups in total. The largest absolute Gasteiger partial charge is 0.480 e. The van der Waals surface area contributed by atoms with Crippen molar-refractivity contribution in [2.45, 2.75) is 26.3 Å². The van der Waals surface area contributed by atoms with Crippen molar-refractivity contribution in [3.05, 3.63) is 0 Å². The Bertz CT molecular complexity index is 302. The summed E-state index contributed by atoms with van der Waals surface area (Å²) in [6.45, 7) is 2.45. The molecule has 0 aliphatic carbocycles. The number of nitrogens with one attached hydrogen (secondary N) is 1. The number of aliphatic carboxylic acids is 1. The normalized spacial score (nSPS) is 14.1. The molecule has 1 atom stereocenters. The summed E-state index contributed by atoms with van der Waals surface area (Å²) in [4.78, 5) is 10.7. The van der Waals surface area contributed by atoms with Crippen molar-refractivity contribution < 1.29 is 22.7 Å². The van der Waals surface area contributed by atoms with Gasteiger partial charge in [-0.15, -0.1) is 0 Å². The molecule has 0 saturated heterocycles. The van der Waals surface area contributed by atoms with Gasteiger partial charge in [0.2, 0.25) is 10.0 Å². The molecule has 7 heteroatoms. The lowest BCUT2D eigenvalue weighted by atomic mass is 10.1. The molecule has 90 valence electrons. The van der Waals surface area contributed by atoms with E-state index in [0.29, 0.717) is 0 Å². The van der Waals surface area contributed by atoms with Crippen molar-refractivity contribution >= 4 is 16.0 Å². The van der Waals surface area contributed by atoms with Crippen molar-refractivity contribution in [3.63, 3.8) is 0 Å². The van der Waals surface area contributed by atoms with Crippen LogP contribution in [0.5, 0.6) is 0 Å². The van der Waals surface area contributed by atoms with Gasteiger partial charge < -0.3 is 5.11 Å². The van der Waals surface area contributed by atoms with Gasteiger partial charge in [-0.25, -0.2) is 13.1 Å². The van der Waals surface area contributed by atoms with E-state index in [4.69, 9.17) is 5.11 Å². The van der Waals surface area contributed by atoms with Crippen molar-refractivity contribution in [3.8, 4) is 0 Å². The van der Waals surface area contributed by atoms with Crippen LogP contribution < -0.4 is 4.72 Å². The molecule has 0 amide bonds. The maximum Gasteiger partial charge on any atom is 0.321 e. The minimum absolute atomic E-state index is 0.125. The zero-order valence-corrected chi connectivity index (χ0v) is 9.55. The first-order valence-corrected chi connectivity index (χ1v) is 6.24. The minimum Gasteiger partial charge on any atom is -0.480 e. The summed E-state index contributed by atoms with van der Waals surface area (Å²) in [6.07, 6.45) is -0.125. The van der Waals surface area contributed by atoms with Gasteiger partial charge in [-0.05, 0) is 12.3 Å². The van der Waals surface area contributed by atoms with Crippen LogP contribution in [-0.2, 0) is 14.8 Å². The first-order chi connectivity index (χ1) is 6.80. The van der Waals surface area contributed by atoms with Gasteiger partial charge in [-0.3, -0.25) is 9.18 Å². The number of hydrogen-bond acceptors (Lipinski definition) is 3. The molecule has 0 aliphatic rings. The van der Waals surface area contributed by atoms with Gasteiger partial charge in [0.05, 0.1) is 12.4 Å². The number of rotatable bonds is 7. The number of hydrogen-bond donors (Lipinski definition) is 2. The van der Waals surface area contributed by atoms with Crippen LogP contribution in [0.15, 0.2) is 0 Å². The molecule has 0 heterocycles. The molecule has 0 fully saturated rings. The Morgan fingerprint density at radius 1 is 1.47 bits per heavy atom. The molecule has 15 heavy (non-hydrogen) atoms. The van der Waals surface area contributed by atoms with Crippen LogP contribution in [0.4, 0.5) is 4.39 Å². The van der Waals surface area contributed by atoms with E-state index in [0.717, 1.165) is 0 Å². The molecule has 0 radical (unpaired) electrons. The van der Waals surface area contributed by atoms with Crippen LogP contribution >= 0.6 is 0 Å². The van der Waals surface area contributed by atoms with Crippen LogP contribution in [0.3, 0.4) is 0 Å². The van der Waals surface area contributed by atoms with E-state index < -0.39 is 28.7 Å². The quantitative estimate of drug-likeness (QED) is 0.674. The smallest absolute Gasteiger partial charge is 0.321 e. The number of carboxylic acid groups (broad SMARTS) is 1. The van der Waals surface area contributed by atoms with Crippen LogP contribution in [0, 0.1) is 5.92 Å². The highest BCUT2D eigenvalue weighted by Crippen LogP contribution is 2.04. The number of halogens is 1. The second-order valence-corrected chi connectivity index (χ2v) is 5.41. The van der Waals surface area contributed by atoms with E-state index in [1.54, 1.807) is 13.8 Å². The van der Waals surface area contributed by atoms with E-state index in [1.165, 1.54) is 0 Å². The van der Waals surface area contributed by atoms with Crippen molar-refractivity contribution in [2.24, 2.45) is 5.92 Å². The molecule has 0 aromatic carbocycles. The summed E-state index contributed by atoms with van der Waals surface area (Å²) in [6, 6.07) is -1.16. The second kappa shape index (κ2) is 6.02. The third kappa shape index (κ3) is 5.68. The summed E-state index contributed by atoms with van der Waals surface area (Å²) in [7, 11) is -3.70. The van der Waals surface area contributed by atoms with Gasteiger partial charge in [-0.2, -0.15) is 0 Å². The fourth-order valence-electron chi connectivity index (χ4n) is 0.969. The van der Waals surface area contributed by atoms with Crippen LogP contribution in [0.25, 0.3) is 0 Å². The van der Waals surface area contributed by atoms with Crippen molar-refractivity contribution in [2.75, 3.05) is 12.4 Å². The maximum atomic E-state index is 11.8. The first kappa shape index (κ1) is 14.3. The SMILES string of the molecule is CC(C)[C@@H](NS(=O)(=O)CCCF)C(=O)O. The predicted octanol–water partition coefficient (Wildman–Crippen LogP) is 0.375. The molecular formula is C8H16FNO4S. The number of sulfonamides is 1. The van der Waals surface area contributed by atoms with Gasteiger partial charge in [0.15, 0.2) is 0 Å². The monoisotopic (exact) mass is 241 g/mol. The molecule has 0 aromatic heterocycles. The Kier molecular flexibility index (Phi) is 5.74. The van der Waals surface area contributed by atoms with Gasteiger partial charge in [0.25, 0.3) is 0 Å². The Balaban J connectivity index is 4.46.